The highest BCUT2D eigenvalue weighted by Crippen LogP contribution is 2.22. The lowest BCUT2D eigenvalue weighted by molar-refractivity contribution is -0.0154. The molecule has 4 rings (SSSR count). The van der Waals surface area contributed by atoms with Crippen molar-refractivity contribution >= 4 is 6.03 Å². The van der Waals surface area contributed by atoms with Crippen molar-refractivity contribution in [1.29, 1.82) is 0 Å². The predicted octanol–water partition coefficient (Wildman–Crippen LogP) is 3.16. The van der Waals surface area contributed by atoms with Crippen LogP contribution in [0.1, 0.15) is 17.2 Å². The molecular formula is C21H22N4O2. The number of amides is 2. The van der Waals surface area contributed by atoms with Crippen molar-refractivity contribution in [2.24, 2.45) is 0 Å². The molecular weight excluding hydrogens is 340 g/mol. The van der Waals surface area contributed by atoms with Crippen molar-refractivity contribution in [2.45, 2.75) is 12.6 Å². The lowest BCUT2D eigenvalue weighted by Crippen LogP contribution is -2.47. The lowest BCUT2D eigenvalue weighted by Gasteiger charge is -2.33. The second-order valence-corrected chi connectivity index (χ2v) is 6.47. The van der Waals surface area contributed by atoms with Gasteiger partial charge >= 0.3 is 6.03 Å². The summed E-state index contributed by atoms with van der Waals surface area (Å²) in [5, 5.41) is 3.04. The fourth-order valence-electron chi connectivity index (χ4n) is 3.30. The highest BCUT2D eigenvalue weighted by molar-refractivity contribution is 5.74. The number of carbonyl (C=O) groups excluding carboxylic acids is 1. The zero-order chi connectivity index (χ0) is 18.5. The summed E-state index contributed by atoms with van der Waals surface area (Å²) >= 11 is 0. The fourth-order valence-corrected chi connectivity index (χ4v) is 3.30. The van der Waals surface area contributed by atoms with E-state index >= 15 is 0 Å². The maximum Gasteiger partial charge on any atom is 0.317 e. The van der Waals surface area contributed by atoms with Crippen molar-refractivity contribution in [2.75, 3.05) is 19.7 Å². The van der Waals surface area contributed by atoms with Crippen LogP contribution in [-0.2, 0) is 11.3 Å². The zero-order valence-corrected chi connectivity index (χ0v) is 15.0. The van der Waals surface area contributed by atoms with Crippen LogP contribution >= 0.6 is 0 Å². The third kappa shape index (κ3) is 4.01. The number of morpholine rings is 1. The summed E-state index contributed by atoms with van der Waals surface area (Å²) in [5.41, 5.74) is 3.15. The molecule has 138 valence electrons. The number of ether oxygens (including phenoxy) is 1. The van der Waals surface area contributed by atoms with Gasteiger partial charge in [0.25, 0.3) is 0 Å². The number of carbonyl (C=O) groups is 1. The molecule has 1 atom stereocenters. The van der Waals surface area contributed by atoms with Crippen molar-refractivity contribution in [3.63, 3.8) is 0 Å². The maximum atomic E-state index is 12.7. The number of urea groups is 1. The number of nitrogens with zero attached hydrogens (tertiary/aromatic N) is 3. The van der Waals surface area contributed by atoms with Gasteiger partial charge in [-0.3, -0.25) is 0 Å². The van der Waals surface area contributed by atoms with Crippen LogP contribution in [0.15, 0.2) is 73.3 Å². The van der Waals surface area contributed by atoms with Crippen LogP contribution in [0.5, 0.6) is 0 Å². The number of nitrogens with one attached hydrogen (secondary N) is 1. The summed E-state index contributed by atoms with van der Waals surface area (Å²) in [7, 11) is 0. The molecule has 1 fully saturated rings. The first kappa shape index (κ1) is 17.3. The van der Waals surface area contributed by atoms with Crippen molar-refractivity contribution in [3.05, 3.63) is 84.4 Å². The number of imidazole rings is 1. The second-order valence-electron chi connectivity index (χ2n) is 6.47. The van der Waals surface area contributed by atoms with Crippen LogP contribution in [0.3, 0.4) is 0 Å². The molecule has 6 nitrogen and oxygen atoms in total. The smallest absolute Gasteiger partial charge is 0.317 e. The van der Waals surface area contributed by atoms with Crippen molar-refractivity contribution < 1.29 is 9.53 Å². The molecule has 1 saturated heterocycles. The summed E-state index contributed by atoms with van der Waals surface area (Å²) in [5.74, 6) is 0. The first-order valence-corrected chi connectivity index (χ1v) is 9.07. The van der Waals surface area contributed by atoms with Crippen molar-refractivity contribution in [3.8, 4) is 5.69 Å². The molecule has 0 spiro atoms. The van der Waals surface area contributed by atoms with Crippen LogP contribution in [0.25, 0.3) is 5.69 Å². The quantitative estimate of drug-likeness (QED) is 0.776. The molecule has 1 aromatic heterocycles. The number of hydrogen-bond donors (Lipinski definition) is 1. The molecule has 0 radical (unpaired) electrons. The molecule has 3 aromatic rings. The van der Waals surface area contributed by atoms with Crippen LogP contribution in [0.2, 0.25) is 0 Å². The molecule has 0 aliphatic carbocycles. The van der Waals surface area contributed by atoms with Gasteiger partial charge in [-0.1, -0.05) is 48.5 Å². The molecule has 27 heavy (non-hydrogen) atoms. The Morgan fingerprint density at radius 1 is 1.15 bits per heavy atom. The molecule has 1 aliphatic rings. The monoisotopic (exact) mass is 362 g/mol. The van der Waals surface area contributed by atoms with E-state index in [9.17, 15) is 4.79 Å². The Kier molecular flexibility index (Phi) is 5.16. The summed E-state index contributed by atoms with van der Waals surface area (Å²) < 4.78 is 7.79. The van der Waals surface area contributed by atoms with E-state index in [1.165, 1.54) is 0 Å². The van der Waals surface area contributed by atoms with Crippen LogP contribution < -0.4 is 5.32 Å². The van der Waals surface area contributed by atoms with Gasteiger partial charge in [0, 0.05) is 25.5 Å². The van der Waals surface area contributed by atoms with Gasteiger partial charge in [0.1, 0.15) is 6.10 Å². The average Bonchev–Trinajstić information content (AvgIpc) is 3.28. The number of benzene rings is 2. The molecule has 1 N–H and O–H groups in total. The predicted molar refractivity (Wildman–Crippen MR) is 103 cm³/mol. The molecule has 0 bridgehead atoms. The second kappa shape index (κ2) is 8.05. The molecule has 6 heteroatoms. The number of para-hydroxylation sites is 1. The third-order valence-electron chi connectivity index (χ3n) is 4.73. The average molecular weight is 362 g/mol. The minimum atomic E-state index is -0.0797. The highest BCUT2D eigenvalue weighted by Gasteiger charge is 2.25. The Hall–Kier alpha value is -3.12. The summed E-state index contributed by atoms with van der Waals surface area (Å²) in [6.45, 7) is 2.15. The lowest BCUT2D eigenvalue weighted by atomic mass is 10.1. The zero-order valence-electron chi connectivity index (χ0n) is 15.0. The molecule has 0 saturated carbocycles. The molecule has 2 aromatic carbocycles. The van der Waals surface area contributed by atoms with E-state index in [0.717, 1.165) is 16.8 Å². The SMILES string of the molecule is O=C(NCc1ccccc1-n1ccnc1)N1CCOC(c2ccccc2)C1. The van der Waals surface area contributed by atoms with Crippen LogP contribution in [-0.4, -0.2) is 40.2 Å². The Labute approximate surface area is 158 Å². The molecule has 1 unspecified atom stereocenters. The van der Waals surface area contributed by atoms with Gasteiger partial charge in [-0.25, -0.2) is 9.78 Å². The Morgan fingerprint density at radius 2 is 1.96 bits per heavy atom. The van der Waals surface area contributed by atoms with Crippen LogP contribution in [0.4, 0.5) is 4.79 Å². The first-order chi connectivity index (χ1) is 13.3. The Balaban J connectivity index is 1.40. The fraction of sp³-hybridized carbons (Fsp3) is 0.238. The third-order valence-corrected chi connectivity index (χ3v) is 4.73. The van der Waals surface area contributed by atoms with E-state index in [-0.39, 0.29) is 12.1 Å². The molecule has 1 aliphatic heterocycles. The summed E-state index contributed by atoms with van der Waals surface area (Å²) in [6, 6.07) is 17.9. The topological polar surface area (TPSA) is 59.4 Å². The standard InChI is InChI=1S/C21H22N4O2/c26-21(24-12-13-27-20(15-24)17-6-2-1-3-7-17)23-14-18-8-4-5-9-19(18)25-11-10-22-16-25/h1-11,16,20H,12-15H2,(H,23,26). The normalized spacial score (nSPS) is 16.9. The first-order valence-electron chi connectivity index (χ1n) is 9.07. The Morgan fingerprint density at radius 3 is 2.78 bits per heavy atom. The molecule has 2 amide bonds. The number of rotatable bonds is 4. The van der Waals surface area contributed by atoms with Gasteiger partial charge in [0.2, 0.25) is 0 Å². The van der Waals surface area contributed by atoms with E-state index in [1.54, 1.807) is 12.5 Å². The number of aromatic nitrogens is 2. The summed E-state index contributed by atoms with van der Waals surface area (Å²) in [6.07, 6.45) is 5.32. The van der Waals surface area contributed by atoms with E-state index in [0.29, 0.717) is 26.2 Å². The van der Waals surface area contributed by atoms with Gasteiger partial charge < -0.3 is 19.5 Å². The van der Waals surface area contributed by atoms with Crippen molar-refractivity contribution in [1.82, 2.24) is 19.8 Å². The highest BCUT2D eigenvalue weighted by atomic mass is 16.5. The van der Waals surface area contributed by atoms with Gasteiger partial charge in [-0.05, 0) is 17.2 Å². The maximum absolute atomic E-state index is 12.7. The van der Waals surface area contributed by atoms with Gasteiger partial charge in [0.15, 0.2) is 0 Å². The molecule has 2 heterocycles. The number of hydrogen-bond acceptors (Lipinski definition) is 3. The van der Waals surface area contributed by atoms with Gasteiger partial charge in [-0.15, -0.1) is 0 Å². The van der Waals surface area contributed by atoms with Gasteiger partial charge in [-0.2, -0.15) is 0 Å². The largest absolute Gasteiger partial charge is 0.370 e. The van der Waals surface area contributed by atoms with E-state index in [1.807, 2.05) is 70.3 Å². The minimum Gasteiger partial charge on any atom is -0.370 e. The van der Waals surface area contributed by atoms with Gasteiger partial charge in [0.05, 0.1) is 25.2 Å². The van der Waals surface area contributed by atoms with E-state index in [4.69, 9.17) is 4.74 Å². The van der Waals surface area contributed by atoms with E-state index in [2.05, 4.69) is 10.3 Å². The Bertz CT molecular complexity index is 880. The van der Waals surface area contributed by atoms with E-state index < -0.39 is 0 Å². The summed E-state index contributed by atoms with van der Waals surface area (Å²) in [4.78, 5) is 18.6. The minimum absolute atomic E-state index is 0.0698. The van der Waals surface area contributed by atoms with Crippen LogP contribution in [0, 0.1) is 0 Å².